The Labute approximate surface area is 217 Å². The van der Waals surface area contributed by atoms with Crippen molar-refractivity contribution < 1.29 is 9.53 Å². The van der Waals surface area contributed by atoms with Gasteiger partial charge >= 0.3 is 0 Å². The molecule has 6 heteroatoms. The van der Waals surface area contributed by atoms with Gasteiger partial charge in [0.15, 0.2) is 0 Å². The number of carbonyl (C=O) groups excluding carboxylic acids is 1. The number of nitrogens with one attached hydrogen (secondary N) is 2. The summed E-state index contributed by atoms with van der Waals surface area (Å²) in [6.07, 6.45) is 11.9. The van der Waals surface area contributed by atoms with E-state index in [-0.39, 0.29) is 5.91 Å². The normalized spacial score (nSPS) is 18.9. The predicted molar refractivity (Wildman–Crippen MR) is 148 cm³/mol. The first-order valence-electron chi connectivity index (χ1n) is 12.9. The van der Waals surface area contributed by atoms with Gasteiger partial charge < -0.3 is 26.0 Å². The molecule has 2 aliphatic rings. The van der Waals surface area contributed by atoms with Crippen LogP contribution in [0.15, 0.2) is 66.0 Å². The van der Waals surface area contributed by atoms with Gasteiger partial charge in [0.25, 0.3) is 0 Å². The van der Waals surface area contributed by atoms with Crippen molar-refractivity contribution in [3.8, 4) is 18.6 Å². The Bertz CT molecular complexity index is 963. The van der Waals surface area contributed by atoms with E-state index in [0.717, 1.165) is 48.8 Å². The molecule has 0 spiro atoms. The van der Waals surface area contributed by atoms with Crippen LogP contribution >= 0.6 is 0 Å². The Morgan fingerprint density at radius 2 is 1.61 bits per heavy atom. The van der Waals surface area contributed by atoms with Crippen LogP contribution in [0, 0.1) is 18.8 Å². The molecule has 2 aromatic carbocycles. The van der Waals surface area contributed by atoms with Crippen molar-refractivity contribution in [3.05, 3.63) is 77.1 Å². The molecule has 4 rings (SSSR count). The number of primary amides is 1. The summed E-state index contributed by atoms with van der Waals surface area (Å²) in [6, 6.07) is 18.5. The first kappa shape index (κ1) is 28.8. The highest BCUT2D eigenvalue weighted by Crippen LogP contribution is 2.29. The lowest BCUT2D eigenvalue weighted by Crippen LogP contribution is -2.51. The van der Waals surface area contributed by atoms with Gasteiger partial charge in [0, 0.05) is 26.1 Å². The topological polar surface area (TPSA) is 79.6 Å². The van der Waals surface area contributed by atoms with Crippen LogP contribution in [0.1, 0.15) is 44.2 Å². The van der Waals surface area contributed by atoms with Gasteiger partial charge in [-0.2, -0.15) is 0 Å². The molecule has 0 aliphatic carbocycles. The Hall–Kier alpha value is -3.43. The minimum atomic E-state index is -0.366. The lowest BCUT2D eigenvalue weighted by Gasteiger charge is -2.43. The number of piperidine rings is 1. The van der Waals surface area contributed by atoms with Crippen LogP contribution in [-0.2, 0) is 17.8 Å². The fourth-order valence-electron chi connectivity index (χ4n) is 4.86. The van der Waals surface area contributed by atoms with Crippen LogP contribution in [-0.4, -0.2) is 43.5 Å². The van der Waals surface area contributed by atoms with Crippen molar-refractivity contribution in [2.24, 2.45) is 11.7 Å². The lowest BCUT2D eigenvalue weighted by molar-refractivity contribution is -0.114. The van der Waals surface area contributed by atoms with Crippen molar-refractivity contribution in [1.29, 1.82) is 0 Å². The molecule has 0 saturated carbocycles. The summed E-state index contributed by atoms with van der Waals surface area (Å²) in [4.78, 5) is 14.7. The highest BCUT2D eigenvalue weighted by molar-refractivity contribution is 5.93. The Kier molecular flexibility index (Phi) is 12.4. The van der Waals surface area contributed by atoms with E-state index in [1.165, 1.54) is 12.8 Å². The van der Waals surface area contributed by atoms with Crippen molar-refractivity contribution >= 4 is 5.91 Å². The van der Waals surface area contributed by atoms with Gasteiger partial charge in [0.1, 0.15) is 18.2 Å². The zero-order valence-corrected chi connectivity index (χ0v) is 22.0. The Balaban J connectivity index is 0.00000109. The van der Waals surface area contributed by atoms with Crippen molar-refractivity contribution in [3.63, 3.8) is 0 Å². The molecular formula is C30H42N4O2. The summed E-state index contributed by atoms with van der Waals surface area (Å²) in [5, 5.41) is 6.90. The van der Waals surface area contributed by atoms with E-state index in [1.54, 1.807) is 0 Å². The Morgan fingerprint density at radius 1 is 0.972 bits per heavy atom. The fourth-order valence-corrected chi connectivity index (χ4v) is 4.86. The molecule has 194 valence electrons. The van der Waals surface area contributed by atoms with Gasteiger partial charge in [0.2, 0.25) is 5.91 Å². The Morgan fingerprint density at radius 3 is 2.22 bits per heavy atom. The molecule has 1 unspecified atom stereocenters. The number of rotatable bonds is 7. The maximum absolute atomic E-state index is 12.4. The van der Waals surface area contributed by atoms with Gasteiger partial charge in [-0.05, 0) is 61.5 Å². The summed E-state index contributed by atoms with van der Waals surface area (Å²) in [7, 11) is 2.09. The number of ether oxygens (including phenoxy) is 1. The average molecular weight is 491 g/mol. The van der Waals surface area contributed by atoms with Gasteiger partial charge in [-0.1, -0.05) is 56.3 Å². The zero-order chi connectivity index (χ0) is 26.3. The molecule has 2 fully saturated rings. The first-order valence-corrected chi connectivity index (χ1v) is 12.9. The summed E-state index contributed by atoms with van der Waals surface area (Å²) in [5.74, 6) is 1.98. The van der Waals surface area contributed by atoms with Crippen molar-refractivity contribution in [1.82, 2.24) is 15.5 Å². The zero-order valence-electron chi connectivity index (χ0n) is 22.0. The number of terminal acetylenes is 1. The predicted octanol–water partition coefficient (Wildman–Crippen LogP) is 4.07. The van der Waals surface area contributed by atoms with E-state index < -0.39 is 0 Å². The summed E-state index contributed by atoms with van der Waals surface area (Å²) < 4.78 is 5.88. The molecule has 4 N–H and O–H groups in total. The summed E-state index contributed by atoms with van der Waals surface area (Å²) in [6.45, 7) is 7.55. The highest BCUT2D eigenvalue weighted by Gasteiger charge is 2.32. The van der Waals surface area contributed by atoms with Gasteiger partial charge in [0.05, 0.1) is 5.57 Å². The SMILES string of the molecule is C#C.CC.CN1/C(=C(\Cc2ccc(OCc3ccccc3)cc2)C(N)=O)NCCC1C1CCNCC1. The lowest BCUT2D eigenvalue weighted by atomic mass is 9.86. The van der Waals surface area contributed by atoms with Crippen LogP contribution in [0.5, 0.6) is 5.75 Å². The largest absolute Gasteiger partial charge is 0.489 e. The van der Waals surface area contributed by atoms with Crippen LogP contribution in [0.2, 0.25) is 0 Å². The molecule has 0 bridgehead atoms. The molecule has 1 amide bonds. The standard InChI is InChI=1S/C26H34N4O2.C2H6.C2H2/c1-30-24(21-11-14-28-15-12-21)13-16-29-26(30)23(25(27)31)17-19-7-9-22(10-8-19)32-18-20-5-3-2-4-6-20;2*1-2/h2-10,21,24,28-29H,11-18H2,1H3,(H2,27,31);1-2H3;1-2H/b26-23+;;. The quantitative estimate of drug-likeness (QED) is 0.403. The third-order valence-electron chi connectivity index (χ3n) is 6.65. The van der Waals surface area contributed by atoms with E-state index in [9.17, 15) is 4.79 Å². The molecular weight excluding hydrogens is 448 g/mol. The molecule has 0 aromatic heterocycles. The van der Waals surface area contributed by atoms with Gasteiger partial charge in [-0.3, -0.25) is 4.79 Å². The smallest absolute Gasteiger partial charge is 0.248 e. The second kappa shape index (κ2) is 15.5. The number of nitrogens with two attached hydrogens (primary N) is 1. The first-order chi connectivity index (χ1) is 17.6. The number of benzene rings is 2. The van der Waals surface area contributed by atoms with Crippen LogP contribution in [0.4, 0.5) is 0 Å². The van der Waals surface area contributed by atoms with E-state index in [2.05, 4.69) is 35.4 Å². The van der Waals surface area contributed by atoms with Gasteiger partial charge in [-0.15, -0.1) is 12.8 Å². The van der Waals surface area contributed by atoms with E-state index in [1.807, 2.05) is 68.4 Å². The summed E-state index contributed by atoms with van der Waals surface area (Å²) in [5.41, 5.74) is 8.66. The van der Waals surface area contributed by atoms with Gasteiger partial charge in [-0.25, -0.2) is 0 Å². The number of carbonyl (C=O) groups is 1. The third-order valence-corrected chi connectivity index (χ3v) is 6.65. The maximum Gasteiger partial charge on any atom is 0.248 e. The minimum Gasteiger partial charge on any atom is -0.489 e. The second-order valence-corrected chi connectivity index (χ2v) is 8.77. The number of nitrogens with zero attached hydrogens (tertiary/aromatic N) is 1. The number of amides is 1. The molecule has 2 aliphatic heterocycles. The van der Waals surface area contributed by atoms with E-state index >= 15 is 0 Å². The van der Waals surface area contributed by atoms with Crippen LogP contribution in [0.25, 0.3) is 0 Å². The van der Waals surface area contributed by atoms with Crippen molar-refractivity contribution in [2.45, 2.75) is 52.2 Å². The number of hydrogen-bond donors (Lipinski definition) is 3. The molecule has 2 aromatic rings. The van der Waals surface area contributed by atoms with E-state index in [0.29, 0.717) is 30.6 Å². The summed E-state index contributed by atoms with van der Waals surface area (Å²) >= 11 is 0. The minimum absolute atomic E-state index is 0.366. The highest BCUT2D eigenvalue weighted by atomic mass is 16.5. The molecule has 6 nitrogen and oxygen atoms in total. The maximum atomic E-state index is 12.4. The van der Waals surface area contributed by atoms with Crippen molar-refractivity contribution in [2.75, 3.05) is 26.7 Å². The van der Waals surface area contributed by atoms with Crippen LogP contribution in [0.3, 0.4) is 0 Å². The fraction of sp³-hybridized carbons (Fsp3) is 0.433. The molecule has 0 radical (unpaired) electrons. The van der Waals surface area contributed by atoms with E-state index in [4.69, 9.17) is 10.5 Å². The molecule has 36 heavy (non-hydrogen) atoms. The number of hydrogen-bond acceptors (Lipinski definition) is 5. The second-order valence-electron chi connectivity index (χ2n) is 8.77. The van der Waals surface area contributed by atoms with Crippen LogP contribution < -0.4 is 21.1 Å². The third kappa shape index (κ3) is 8.07. The molecule has 1 atom stereocenters. The molecule has 2 saturated heterocycles. The molecule has 2 heterocycles. The average Bonchev–Trinajstić information content (AvgIpc) is 2.95. The monoisotopic (exact) mass is 490 g/mol.